The van der Waals surface area contributed by atoms with E-state index in [4.69, 9.17) is 4.74 Å². The molecule has 0 aliphatic carbocycles. The van der Waals surface area contributed by atoms with Gasteiger partial charge in [0.1, 0.15) is 0 Å². The topological polar surface area (TPSA) is 55.8 Å². The predicted octanol–water partition coefficient (Wildman–Crippen LogP) is 0.0428. The van der Waals surface area contributed by atoms with Gasteiger partial charge in [-0.2, -0.15) is 0 Å². The zero-order valence-electron chi connectivity index (χ0n) is 9.29. The van der Waals surface area contributed by atoms with Crippen LogP contribution in [0.4, 0.5) is 0 Å². The molecule has 0 bridgehead atoms. The third-order valence-electron chi connectivity index (χ3n) is 2.06. The minimum atomic E-state index is -1.20. The molecule has 0 aromatic carbocycles. The quantitative estimate of drug-likeness (QED) is 0.605. The number of ether oxygens (including phenoxy) is 2. The molecule has 0 saturated heterocycles. The van der Waals surface area contributed by atoms with Gasteiger partial charge in [0.25, 0.3) is 0 Å². The van der Waals surface area contributed by atoms with Crippen molar-refractivity contribution in [2.24, 2.45) is 0 Å². The Bertz CT molecular complexity index is 227. The molecule has 14 heavy (non-hydrogen) atoms. The van der Waals surface area contributed by atoms with Crippen molar-refractivity contribution in [2.45, 2.75) is 18.9 Å². The number of esters is 1. The fourth-order valence-corrected chi connectivity index (χ4v) is 0.890. The average molecular weight is 203 g/mol. The Kier molecular flexibility index (Phi) is 4.56. The van der Waals surface area contributed by atoms with Gasteiger partial charge in [0.05, 0.1) is 13.5 Å². The summed E-state index contributed by atoms with van der Waals surface area (Å²) in [6, 6.07) is 0. The number of hydrogen-bond donors (Lipinski definition) is 0. The summed E-state index contributed by atoms with van der Waals surface area (Å²) in [5, 5.41) is 0. The standard InChI is InChI=1S/C9H17NO4/c1-9(14-5,8(12)13-4)6-7(11)10(2)3/h6H2,1-5H3. The summed E-state index contributed by atoms with van der Waals surface area (Å²) in [7, 11) is 5.88. The molecule has 0 rings (SSSR count). The van der Waals surface area contributed by atoms with E-state index in [9.17, 15) is 9.59 Å². The van der Waals surface area contributed by atoms with Crippen molar-refractivity contribution < 1.29 is 19.1 Å². The lowest BCUT2D eigenvalue weighted by atomic mass is 10.0. The lowest BCUT2D eigenvalue weighted by Gasteiger charge is -2.25. The molecule has 1 unspecified atom stereocenters. The summed E-state index contributed by atoms with van der Waals surface area (Å²) in [4.78, 5) is 24.1. The van der Waals surface area contributed by atoms with Crippen molar-refractivity contribution in [2.75, 3.05) is 28.3 Å². The van der Waals surface area contributed by atoms with Gasteiger partial charge in [-0.15, -0.1) is 0 Å². The lowest BCUT2D eigenvalue weighted by Crippen LogP contribution is -2.43. The normalized spacial score (nSPS) is 14.4. The minimum Gasteiger partial charge on any atom is -0.467 e. The van der Waals surface area contributed by atoms with Crippen LogP contribution >= 0.6 is 0 Å². The van der Waals surface area contributed by atoms with Gasteiger partial charge in [-0.05, 0) is 6.92 Å². The van der Waals surface area contributed by atoms with Gasteiger partial charge < -0.3 is 14.4 Å². The molecule has 5 nitrogen and oxygen atoms in total. The third kappa shape index (κ3) is 2.99. The molecule has 0 aliphatic heterocycles. The molecule has 1 amide bonds. The highest BCUT2D eigenvalue weighted by Gasteiger charge is 2.37. The van der Waals surface area contributed by atoms with E-state index in [0.29, 0.717) is 0 Å². The molecule has 0 aromatic heterocycles. The Hall–Kier alpha value is -1.10. The highest BCUT2D eigenvalue weighted by Crippen LogP contribution is 2.17. The number of methoxy groups -OCH3 is 2. The zero-order chi connectivity index (χ0) is 11.4. The third-order valence-corrected chi connectivity index (χ3v) is 2.06. The van der Waals surface area contributed by atoms with E-state index >= 15 is 0 Å². The zero-order valence-corrected chi connectivity index (χ0v) is 9.29. The van der Waals surface area contributed by atoms with Gasteiger partial charge in [0.15, 0.2) is 5.60 Å². The molecule has 82 valence electrons. The molecule has 5 heteroatoms. The Balaban J connectivity index is 4.56. The Labute approximate surface area is 84.0 Å². The molecular weight excluding hydrogens is 186 g/mol. The Morgan fingerprint density at radius 2 is 1.79 bits per heavy atom. The van der Waals surface area contributed by atoms with Crippen molar-refractivity contribution >= 4 is 11.9 Å². The first kappa shape index (κ1) is 12.9. The van der Waals surface area contributed by atoms with Gasteiger partial charge in [0.2, 0.25) is 5.91 Å². The molecule has 0 saturated carbocycles. The van der Waals surface area contributed by atoms with Crippen LogP contribution < -0.4 is 0 Å². The van der Waals surface area contributed by atoms with Gasteiger partial charge in [-0.1, -0.05) is 0 Å². The van der Waals surface area contributed by atoms with E-state index in [1.807, 2.05) is 0 Å². The molecule has 0 radical (unpaired) electrons. The maximum Gasteiger partial charge on any atom is 0.338 e. The van der Waals surface area contributed by atoms with Crippen molar-refractivity contribution in [1.29, 1.82) is 0 Å². The van der Waals surface area contributed by atoms with Crippen molar-refractivity contribution in [3.63, 3.8) is 0 Å². The van der Waals surface area contributed by atoms with Crippen molar-refractivity contribution in [3.8, 4) is 0 Å². The summed E-state index contributed by atoms with van der Waals surface area (Å²) >= 11 is 0. The fraction of sp³-hybridized carbons (Fsp3) is 0.778. The van der Waals surface area contributed by atoms with E-state index in [1.54, 1.807) is 14.1 Å². The molecule has 1 atom stereocenters. The van der Waals surface area contributed by atoms with Crippen LogP contribution in [-0.4, -0.2) is 50.7 Å². The first-order valence-corrected chi connectivity index (χ1v) is 4.21. The fourth-order valence-electron chi connectivity index (χ4n) is 0.890. The highest BCUT2D eigenvalue weighted by atomic mass is 16.6. The molecule has 0 aliphatic rings. The molecule has 0 heterocycles. The summed E-state index contributed by atoms with van der Waals surface area (Å²) in [6.45, 7) is 1.53. The average Bonchev–Trinajstić information content (AvgIpc) is 2.15. The van der Waals surface area contributed by atoms with Gasteiger partial charge in [-0.25, -0.2) is 4.79 Å². The molecule has 0 spiro atoms. The Morgan fingerprint density at radius 1 is 1.29 bits per heavy atom. The predicted molar refractivity (Wildman–Crippen MR) is 50.7 cm³/mol. The smallest absolute Gasteiger partial charge is 0.338 e. The van der Waals surface area contributed by atoms with E-state index in [2.05, 4.69) is 4.74 Å². The molecule has 0 N–H and O–H groups in total. The summed E-state index contributed by atoms with van der Waals surface area (Å²) < 4.78 is 9.54. The van der Waals surface area contributed by atoms with E-state index in [0.717, 1.165) is 0 Å². The first-order valence-electron chi connectivity index (χ1n) is 4.21. The van der Waals surface area contributed by atoms with Gasteiger partial charge >= 0.3 is 5.97 Å². The minimum absolute atomic E-state index is 0.0246. The monoisotopic (exact) mass is 203 g/mol. The Morgan fingerprint density at radius 3 is 2.07 bits per heavy atom. The van der Waals surface area contributed by atoms with Crippen molar-refractivity contribution in [3.05, 3.63) is 0 Å². The largest absolute Gasteiger partial charge is 0.467 e. The van der Waals surface area contributed by atoms with Crippen LogP contribution in [0.3, 0.4) is 0 Å². The second-order valence-electron chi connectivity index (χ2n) is 3.39. The number of carbonyl (C=O) groups is 2. The SMILES string of the molecule is COC(=O)C(C)(CC(=O)N(C)C)OC. The van der Waals surface area contributed by atoms with Crippen LogP contribution in [0, 0.1) is 0 Å². The number of carbonyl (C=O) groups excluding carboxylic acids is 2. The van der Waals surface area contributed by atoms with Crippen molar-refractivity contribution in [1.82, 2.24) is 4.90 Å². The maximum atomic E-state index is 11.4. The van der Waals surface area contributed by atoms with Crippen LogP contribution in [0.1, 0.15) is 13.3 Å². The van der Waals surface area contributed by atoms with E-state index in [1.165, 1.54) is 26.0 Å². The summed E-state index contributed by atoms with van der Waals surface area (Å²) in [5.41, 5.74) is -1.20. The molecular formula is C9H17NO4. The number of nitrogens with zero attached hydrogens (tertiary/aromatic N) is 1. The van der Waals surface area contributed by atoms with E-state index in [-0.39, 0.29) is 12.3 Å². The first-order chi connectivity index (χ1) is 6.37. The highest BCUT2D eigenvalue weighted by molar-refractivity contribution is 5.87. The van der Waals surface area contributed by atoms with Gasteiger partial charge in [-0.3, -0.25) is 4.79 Å². The summed E-state index contributed by atoms with van der Waals surface area (Å²) in [5.74, 6) is -0.727. The lowest BCUT2D eigenvalue weighted by molar-refractivity contribution is -0.167. The number of hydrogen-bond acceptors (Lipinski definition) is 4. The van der Waals surface area contributed by atoms with Crippen LogP contribution in [0.2, 0.25) is 0 Å². The number of amides is 1. The second kappa shape index (κ2) is 4.95. The summed E-state index contributed by atoms with van der Waals surface area (Å²) in [6.07, 6.45) is -0.0246. The molecule has 0 aromatic rings. The molecule has 0 fully saturated rings. The second-order valence-corrected chi connectivity index (χ2v) is 3.39. The van der Waals surface area contributed by atoms with Crippen LogP contribution in [-0.2, 0) is 19.1 Å². The van der Waals surface area contributed by atoms with Crippen LogP contribution in [0.5, 0.6) is 0 Å². The van der Waals surface area contributed by atoms with Crippen LogP contribution in [0.25, 0.3) is 0 Å². The van der Waals surface area contributed by atoms with E-state index < -0.39 is 11.6 Å². The number of rotatable bonds is 4. The maximum absolute atomic E-state index is 11.4. The van der Waals surface area contributed by atoms with Gasteiger partial charge in [0, 0.05) is 21.2 Å². The van der Waals surface area contributed by atoms with Crippen LogP contribution in [0.15, 0.2) is 0 Å².